The first-order chi connectivity index (χ1) is 8.22. The van der Waals surface area contributed by atoms with E-state index >= 15 is 0 Å². The summed E-state index contributed by atoms with van der Waals surface area (Å²) in [4.78, 5) is 8.73. The summed E-state index contributed by atoms with van der Waals surface area (Å²) in [6, 6.07) is 3.62. The van der Waals surface area contributed by atoms with E-state index in [1.807, 2.05) is 10.7 Å². The first-order valence-corrected chi connectivity index (χ1v) is 6.13. The second kappa shape index (κ2) is 5.27. The fourth-order valence-corrected chi connectivity index (χ4v) is 1.84. The Hall–Kier alpha value is -1.42. The summed E-state index contributed by atoms with van der Waals surface area (Å²) >= 11 is 5.93. The predicted octanol–water partition coefficient (Wildman–Crippen LogP) is 2.50. The average Bonchev–Trinajstić information content (AvgIpc) is 2.71. The number of halogens is 1. The second-order valence-corrected chi connectivity index (χ2v) is 4.21. The van der Waals surface area contributed by atoms with Crippen molar-refractivity contribution in [3.63, 3.8) is 0 Å². The van der Waals surface area contributed by atoms with Crippen molar-refractivity contribution in [3.8, 4) is 0 Å². The number of hydrogen-bond acceptors (Lipinski definition) is 3. The monoisotopic (exact) mass is 250 g/mol. The number of aromatic nitrogens is 4. The maximum atomic E-state index is 5.93. The molecule has 0 unspecified atom stereocenters. The van der Waals surface area contributed by atoms with Crippen molar-refractivity contribution >= 4 is 11.6 Å². The standard InChI is InChI=1S/C12H15ClN4/c1-3-11-15-12(4-2)17(16-11)8-10-7-9(13)5-6-14-10/h5-7H,3-4,8H2,1-2H3. The van der Waals surface area contributed by atoms with Crippen LogP contribution in [-0.2, 0) is 19.4 Å². The van der Waals surface area contributed by atoms with Gasteiger partial charge in [0.2, 0.25) is 0 Å². The maximum Gasteiger partial charge on any atom is 0.150 e. The lowest BCUT2D eigenvalue weighted by atomic mass is 10.3. The van der Waals surface area contributed by atoms with Gasteiger partial charge in [0.1, 0.15) is 5.82 Å². The van der Waals surface area contributed by atoms with E-state index in [0.29, 0.717) is 11.6 Å². The van der Waals surface area contributed by atoms with Crippen LogP contribution >= 0.6 is 11.6 Å². The molecule has 2 aromatic rings. The molecule has 2 heterocycles. The van der Waals surface area contributed by atoms with Crippen LogP contribution in [0.4, 0.5) is 0 Å². The Kier molecular flexibility index (Phi) is 3.74. The molecule has 90 valence electrons. The van der Waals surface area contributed by atoms with Crippen molar-refractivity contribution in [1.29, 1.82) is 0 Å². The molecule has 0 aliphatic heterocycles. The molecule has 0 aliphatic rings. The first kappa shape index (κ1) is 12.0. The second-order valence-electron chi connectivity index (χ2n) is 3.77. The van der Waals surface area contributed by atoms with E-state index in [9.17, 15) is 0 Å². The lowest BCUT2D eigenvalue weighted by Gasteiger charge is -2.03. The molecule has 0 N–H and O–H groups in total. The van der Waals surface area contributed by atoms with Gasteiger partial charge in [0.15, 0.2) is 5.82 Å². The van der Waals surface area contributed by atoms with Crippen molar-refractivity contribution in [1.82, 2.24) is 19.7 Å². The van der Waals surface area contributed by atoms with Gasteiger partial charge in [-0.05, 0) is 12.1 Å². The Labute approximate surface area is 106 Å². The maximum absolute atomic E-state index is 5.93. The third-order valence-electron chi connectivity index (χ3n) is 2.52. The summed E-state index contributed by atoms with van der Waals surface area (Å²) in [5.41, 5.74) is 0.903. The molecule has 0 atom stereocenters. The van der Waals surface area contributed by atoms with Gasteiger partial charge < -0.3 is 0 Å². The molecule has 4 nitrogen and oxygen atoms in total. The largest absolute Gasteiger partial charge is 0.259 e. The van der Waals surface area contributed by atoms with Crippen LogP contribution in [0.15, 0.2) is 18.3 Å². The fourth-order valence-electron chi connectivity index (χ4n) is 1.65. The number of aryl methyl sites for hydroxylation is 2. The van der Waals surface area contributed by atoms with Gasteiger partial charge >= 0.3 is 0 Å². The van der Waals surface area contributed by atoms with Crippen molar-refractivity contribution in [2.75, 3.05) is 0 Å². The summed E-state index contributed by atoms with van der Waals surface area (Å²) in [5.74, 6) is 1.87. The van der Waals surface area contributed by atoms with E-state index in [0.717, 1.165) is 30.2 Å². The molecule has 5 heteroatoms. The smallest absolute Gasteiger partial charge is 0.150 e. The van der Waals surface area contributed by atoms with E-state index in [1.165, 1.54) is 0 Å². The van der Waals surface area contributed by atoms with Crippen molar-refractivity contribution < 1.29 is 0 Å². The molecule has 0 amide bonds. The molecular weight excluding hydrogens is 236 g/mol. The minimum atomic E-state index is 0.622. The molecule has 2 aromatic heterocycles. The topological polar surface area (TPSA) is 43.6 Å². The molecule has 17 heavy (non-hydrogen) atoms. The third kappa shape index (κ3) is 2.82. The average molecular weight is 251 g/mol. The van der Waals surface area contributed by atoms with E-state index in [4.69, 9.17) is 11.6 Å². The highest BCUT2D eigenvalue weighted by molar-refractivity contribution is 6.30. The van der Waals surface area contributed by atoms with Crippen molar-refractivity contribution in [3.05, 3.63) is 40.7 Å². The highest BCUT2D eigenvalue weighted by Crippen LogP contribution is 2.10. The number of nitrogens with zero attached hydrogens (tertiary/aromatic N) is 4. The first-order valence-electron chi connectivity index (χ1n) is 5.76. The number of pyridine rings is 1. The molecule has 0 bridgehead atoms. The van der Waals surface area contributed by atoms with Crippen LogP contribution in [0.2, 0.25) is 5.02 Å². The zero-order valence-electron chi connectivity index (χ0n) is 10.0. The Morgan fingerprint density at radius 1 is 1.29 bits per heavy atom. The highest BCUT2D eigenvalue weighted by Gasteiger charge is 2.08. The van der Waals surface area contributed by atoms with Crippen molar-refractivity contribution in [2.24, 2.45) is 0 Å². The molecule has 0 spiro atoms. The van der Waals surface area contributed by atoms with Crippen LogP contribution in [0.1, 0.15) is 31.2 Å². The molecule has 0 saturated heterocycles. The molecule has 0 fully saturated rings. The quantitative estimate of drug-likeness (QED) is 0.838. The number of hydrogen-bond donors (Lipinski definition) is 0. The van der Waals surface area contributed by atoms with Gasteiger partial charge in [-0.1, -0.05) is 25.4 Å². The van der Waals surface area contributed by atoms with Gasteiger partial charge in [0.05, 0.1) is 12.2 Å². The Balaban J connectivity index is 2.25. The molecule has 2 rings (SSSR count). The predicted molar refractivity (Wildman–Crippen MR) is 67.1 cm³/mol. The molecule has 0 aromatic carbocycles. The summed E-state index contributed by atoms with van der Waals surface area (Å²) in [7, 11) is 0. The molecule has 0 aliphatic carbocycles. The highest BCUT2D eigenvalue weighted by atomic mass is 35.5. The minimum Gasteiger partial charge on any atom is -0.259 e. The van der Waals surface area contributed by atoms with E-state index < -0.39 is 0 Å². The Morgan fingerprint density at radius 3 is 2.76 bits per heavy atom. The molecule has 0 saturated carbocycles. The zero-order valence-corrected chi connectivity index (χ0v) is 10.8. The SMILES string of the molecule is CCc1nc(CC)n(Cc2cc(Cl)ccn2)n1. The van der Waals surface area contributed by atoms with E-state index in [1.54, 1.807) is 12.3 Å². The van der Waals surface area contributed by atoms with Crippen LogP contribution in [-0.4, -0.2) is 19.7 Å². The minimum absolute atomic E-state index is 0.622. The summed E-state index contributed by atoms with van der Waals surface area (Å²) in [6.07, 6.45) is 3.43. The van der Waals surface area contributed by atoms with E-state index in [-0.39, 0.29) is 0 Å². The summed E-state index contributed by atoms with van der Waals surface area (Å²) in [6.45, 7) is 4.75. The Morgan fingerprint density at radius 2 is 2.12 bits per heavy atom. The van der Waals surface area contributed by atoms with Crippen LogP contribution in [0.5, 0.6) is 0 Å². The number of rotatable bonds is 4. The normalized spacial score (nSPS) is 10.8. The van der Waals surface area contributed by atoms with Gasteiger partial charge in [0, 0.05) is 24.1 Å². The van der Waals surface area contributed by atoms with Crippen molar-refractivity contribution in [2.45, 2.75) is 33.2 Å². The summed E-state index contributed by atoms with van der Waals surface area (Å²) in [5, 5.41) is 5.14. The third-order valence-corrected chi connectivity index (χ3v) is 2.75. The van der Waals surface area contributed by atoms with Crippen LogP contribution in [0.25, 0.3) is 0 Å². The Bertz CT molecular complexity index is 507. The van der Waals surface area contributed by atoms with Gasteiger partial charge in [-0.3, -0.25) is 4.98 Å². The molecule has 0 radical (unpaired) electrons. The van der Waals surface area contributed by atoms with Gasteiger partial charge in [-0.2, -0.15) is 5.10 Å². The van der Waals surface area contributed by atoms with Gasteiger partial charge in [-0.25, -0.2) is 9.67 Å². The lowest BCUT2D eigenvalue weighted by molar-refractivity contribution is 0.626. The van der Waals surface area contributed by atoms with Crippen LogP contribution in [0.3, 0.4) is 0 Å². The lowest BCUT2D eigenvalue weighted by Crippen LogP contribution is -2.07. The van der Waals surface area contributed by atoms with Crippen LogP contribution in [0, 0.1) is 0 Å². The molecular formula is C12H15ClN4. The van der Waals surface area contributed by atoms with Gasteiger partial charge in [-0.15, -0.1) is 0 Å². The fraction of sp³-hybridized carbons (Fsp3) is 0.417. The van der Waals surface area contributed by atoms with Crippen LogP contribution < -0.4 is 0 Å². The van der Waals surface area contributed by atoms with Gasteiger partial charge in [0.25, 0.3) is 0 Å². The zero-order chi connectivity index (χ0) is 12.3. The van der Waals surface area contributed by atoms with E-state index in [2.05, 4.69) is 28.9 Å². The summed E-state index contributed by atoms with van der Waals surface area (Å²) < 4.78 is 1.90.